The fourth-order valence-electron chi connectivity index (χ4n) is 2.12. The zero-order valence-corrected chi connectivity index (χ0v) is 10.3. The van der Waals surface area contributed by atoms with E-state index in [9.17, 15) is 4.79 Å². The Morgan fingerprint density at radius 1 is 1.44 bits per heavy atom. The van der Waals surface area contributed by atoms with Crippen LogP contribution in [0.3, 0.4) is 0 Å². The van der Waals surface area contributed by atoms with Crippen LogP contribution < -0.4 is 5.73 Å². The van der Waals surface area contributed by atoms with E-state index in [1.165, 1.54) is 6.42 Å². The van der Waals surface area contributed by atoms with Gasteiger partial charge in [-0.1, -0.05) is 6.92 Å². The van der Waals surface area contributed by atoms with Gasteiger partial charge in [0.15, 0.2) is 0 Å². The van der Waals surface area contributed by atoms with Crippen molar-refractivity contribution in [3.8, 4) is 0 Å². The summed E-state index contributed by atoms with van der Waals surface area (Å²) in [6.07, 6.45) is 4.86. The number of piperidine rings is 1. The molecule has 1 aliphatic heterocycles. The Morgan fingerprint density at radius 2 is 2.25 bits per heavy atom. The van der Waals surface area contributed by atoms with Crippen LogP contribution >= 0.6 is 0 Å². The highest BCUT2D eigenvalue weighted by molar-refractivity contribution is 5.76. The molecule has 0 saturated carbocycles. The van der Waals surface area contributed by atoms with Gasteiger partial charge in [0, 0.05) is 25.7 Å². The summed E-state index contributed by atoms with van der Waals surface area (Å²) in [7, 11) is 0. The molecule has 1 aliphatic rings. The monoisotopic (exact) mass is 228 g/mol. The van der Waals surface area contributed by atoms with Crippen LogP contribution in [0.2, 0.25) is 0 Å². The van der Waals surface area contributed by atoms with Gasteiger partial charge >= 0.3 is 0 Å². The van der Waals surface area contributed by atoms with Gasteiger partial charge in [0.1, 0.15) is 0 Å². The van der Waals surface area contributed by atoms with Crippen molar-refractivity contribution in [2.75, 3.05) is 26.3 Å². The Balaban J connectivity index is 2.27. The van der Waals surface area contributed by atoms with Crippen LogP contribution in [0.4, 0.5) is 0 Å². The normalized spacial score (nSPS) is 21.1. The number of hydrogen-bond donors (Lipinski definition) is 1. The maximum atomic E-state index is 11.9. The smallest absolute Gasteiger partial charge is 0.225 e. The lowest BCUT2D eigenvalue weighted by Crippen LogP contribution is -2.47. The second kappa shape index (κ2) is 7.63. The Bertz CT molecular complexity index is 209. The number of carbonyl (C=O) groups is 1. The molecule has 1 amide bonds. The number of hydrogen-bond acceptors (Lipinski definition) is 3. The van der Waals surface area contributed by atoms with Crippen LogP contribution in [0.25, 0.3) is 0 Å². The van der Waals surface area contributed by atoms with Gasteiger partial charge in [-0.05, 0) is 25.7 Å². The number of carbonyl (C=O) groups excluding carboxylic acids is 1. The van der Waals surface area contributed by atoms with Gasteiger partial charge in [0.2, 0.25) is 5.91 Å². The van der Waals surface area contributed by atoms with Crippen molar-refractivity contribution in [3.63, 3.8) is 0 Å². The molecule has 2 N–H and O–H groups in total. The van der Waals surface area contributed by atoms with E-state index in [1.54, 1.807) is 0 Å². The third-order valence-corrected chi connectivity index (χ3v) is 3.03. The van der Waals surface area contributed by atoms with Gasteiger partial charge in [-0.15, -0.1) is 0 Å². The minimum Gasteiger partial charge on any atom is -0.381 e. The molecule has 1 heterocycles. The van der Waals surface area contributed by atoms with E-state index in [0.29, 0.717) is 19.6 Å². The van der Waals surface area contributed by atoms with Crippen molar-refractivity contribution in [1.82, 2.24) is 4.90 Å². The van der Waals surface area contributed by atoms with E-state index in [0.717, 1.165) is 32.4 Å². The quantitative estimate of drug-likeness (QED) is 0.694. The van der Waals surface area contributed by atoms with Gasteiger partial charge < -0.3 is 15.4 Å². The zero-order chi connectivity index (χ0) is 11.8. The topological polar surface area (TPSA) is 55.6 Å². The highest BCUT2D eigenvalue weighted by Gasteiger charge is 2.24. The second-order valence-electron chi connectivity index (χ2n) is 4.33. The van der Waals surface area contributed by atoms with E-state index in [1.807, 2.05) is 4.90 Å². The second-order valence-corrected chi connectivity index (χ2v) is 4.33. The van der Waals surface area contributed by atoms with E-state index >= 15 is 0 Å². The summed E-state index contributed by atoms with van der Waals surface area (Å²) in [5.74, 6) is 0.200. The largest absolute Gasteiger partial charge is 0.381 e. The lowest BCUT2D eigenvalue weighted by atomic mass is 10.0. The number of amides is 1. The lowest BCUT2D eigenvalue weighted by Gasteiger charge is -2.35. The Morgan fingerprint density at radius 3 is 2.94 bits per heavy atom. The van der Waals surface area contributed by atoms with Gasteiger partial charge in [0.05, 0.1) is 13.0 Å². The molecule has 94 valence electrons. The van der Waals surface area contributed by atoms with Crippen molar-refractivity contribution in [2.45, 2.75) is 45.1 Å². The van der Waals surface area contributed by atoms with Crippen LogP contribution in [-0.4, -0.2) is 43.2 Å². The van der Waals surface area contributed by atoms with Gasteiger partial charge in [-0.3, -0.25) is 4.79 Å². The van der Waals surface area contributed by atoms with Gasteiger partial charge in [0.25, 0.3) is 0 Å². The third kappa shape index (κ3) is 4.10. The molecule has 0 aliphatic carbocycles. The SMILES string of the molecule is CCCOCCC(=O)N1CCCCC1CN. The van der Waals surface area contributed by atoms with Crippen molar-refractivity contribution in [1.29, 1.82) is 0 Å². The minimum atomic E-state index is 0.200. The molecule has 4 nitrogen and oxygen atoms in total. The third-order valence-electron chi connectivity index (χ3n) is 3.03. The highest BCUT2D eigenvalue weighted by atomic mass is 16.5. The van der Waals surface area contributed by atoms with Crippen LogP contribution in [0.15, 0.2) is 0 Å². The van der Waals surface area contributed by atoms with Crippen LogP contribution in [0, 0.1) is 0 Å². The summed E-state index contributed by atoms with van der Waals surface area (Å²) >= 11 is 0. The van der Waals surface area contributed by atoms with E-state index in [2.05, 4.69) is 6.92 Å². The fraction of sp³-hybridized carbons (Fsp3) is 0.917. The Kier molecular flexibility index (Phi) is 6.42. The maximum Gasteiger partial charge on any atom is 0.225 e. The molecule has 1 atom stereocenters. The molecule has 0 bridgehead atoms. The number of nitrogens with zero attached hydrogens (tertiary/aromatic N) is 1. The summed E-state index contributed by atoms with van der Waals surface area (Å²) in [5, 5.41) is 0. The summed E-state index contributed by atoms with van der Waals surface area (Å²) in [5.41, 5.74) is 5.68. The average molecular weight is 228 g/mol. The van der Waals surface area contributed by atoms with Crippen LogP contribution in [0.5, 0.6) is 0 Å². The average Bonchev–Trinajstić information content (AvgIpc) is 2.34. The van der Waals surface area contributed by atoms with Crippen molar-refractivity contribution in [3.05, 3.63) is 0 Å². The number of nitrogens with two attached hydrogens (primary N) is 1. The number of rotatable bonds is 6. The molecule has 16 heavy (non-hydrogen) atoms. The van der Waals surface area contributed by atoms with E-state index < -0.39 is 0 Å². The molecule has 1 fully saturated rings. The molecule has 4 heteroatoms. The summed E-state index contributed by atoms with van der Waals surface area (Å²) < 4.78 is 5.33. The predicted molar refractivity (Wildman–Crippen MR) is 64.1 cm³/mol. The van der Waals surface area contributed by atoms with Crippen LogP contribution in [0.1, 0.15) is 39.0 Å². The predicted octanol–water partition coefficient (Wildman–Crippen LogP) is 1.14. The van der Waals surface area contributed by atoms with E-state index in [4.69, 9.17) is 10.5 Å². The lowest BCUT2D eigenvalue weighted by molar-refractivity contribution is -0.135. The first-order chi connectivity index (χ1) is 7.79. The minimum absolute atomic E-state index is 0.200. The molecule has 0 spiro atoms. The van der Waals surface area contributed by atoms with E-state index in [-0.39, 0.29) is 11.9 Å². The maximum absolute atomic E-state index is 11.9. The molecule has 0 aromatic carbocycles. The molecule has 1 saturated heterocycles. The first-order valence-electron chi connectivity index (χ1n) is 6.36. The first kappa shape index (κ1) is 13.5. The molecule has 0 aromatic heterocycles. The number of likely N-dealkylation sites (tertiary alicyclic amines) is 1. The molecule has 1 rings (SSSR count). The highest BCUT2D eigenvalue weighted by Crippen LogP contribution is 2.16. The summed E-state index contributed by atoms with van der Waals surface area (Å²) in [6.45, 7) is 4.81. The molecular formula is C12H24N2O2. The molecule has 0 aromatic rings. The number of ether oxygens (including phenoxy) is 1. The molecule has 0 radical (unpaired) electrons. The summed E-state index contributed by atoms with van der Waals surface area (Å²) in [4.78, 5) is 13.9. The van der Waals surface area contributed by atoms with Crippen molar-refractivity contribution < 1.29 is 9.53 Å². The fourth-order valence-corrected chi connectivity index (χ4v) is 2.12. The zero-order valence-electron chi connectivity index (χ0n) is 10.3. The van der Waals surface area contributed by atoms with Gasteiger partial charge in [-0.25, -0.2) is 0 Å². The van der Waals surface area contributed by atoms with Crippen molar-refractivity contribution >= 4 is 5.91 Å². The van der Waals surface area contributed by atoms with Crippen LogP contribution in [-0.2, 0) is 9.53 Å². The van der Waals surface area contributed by atoms with Crippen molar-refractivity contribution in [2.24, 2.45) is 5.73 Å². The van der Waals surface area contributed by atoms with Gasteiger partial charge in [-0.2, -0.15) is 0 Å². The Hall–Kier alpha value is -0.610. The molecular weight excluding hydrogens is 204 g/mol. The summed E-state index contributed by atoms with van der Waals surface area (Å²) in [6, 6.07) is 0.257. The molecule has 1 unspecified atom stereocenters. The standard InChI is InChI=1S/C12H24N2O2/c1-2-8-16-9-6-12(15)14-7-4-3-5-11(14)10-13/h11H,2-10,13H2,1H3. The Labute approximate surface area is 98.1 Å². The first-order valence-corrected chi connectivity index (χ1v) is 6.36.